The van der Waals surface area contributed by atoms with Gasteiger partial charge in [-0.15, -0.1) is 0 Å². The van der Waals surface area contributed by atoms with Crippen LogP contribution in [0.1, 0.15) is 41.2 Å². The molecular weight excluding hydrogens is 636 g/mol. The van der Waals surface area contributed by atoms with Crippen LogP contribution in [0.4, 0.5) is 8.78 Å². The number of aliphatic hydroxyl groups is 1. The molecule has 1 aliphatic rings. The van der Waals surface area contributed by atoms with Crippen molar-refractivity contribution >= 4 is 17.9 Å². The Morgan fingerprint density at radius 3 is 2.14 bits per heavy atom. The molecule has 254 valence electrons. The molecule has 7 nitrogen and oxygen atoms in total. The fourth-order valence-electron chi connectivity index (χ4n) is 5.76. The minimum atomic E-state index is -1.52. The molecule has 1 aliphatic heterocycles. The van der Waals surface area contributed by atoms with Crippen LogP contribution in [-0.4, -0.2) is 35.7 Å². The van der Waals surface area contributed by atoms with Gasteiger partial charge in [0.25, 0.3) is 5.91 Å². The van der Waals surface area contributed by atoms with Crippen LogP contribution in [-0.2, 0) is 16.1 Å². The van der Waals surface area contributed by atoms with Crippen molar-refractivity contribution in [1.82, 2.24) is 10.9 Å². The highest BCUT2D eigenvalue weighted by Gasteiger charge is 2.52. The van der Waals surface area contributed by atoms with Crippen LogP contribution in [0.3, 0.4) is 0 Å². The van der Waals surface area contributed by atoms with Gasteiger partial charge in [-0.05, 0) is 58.7 Å². The first-order chi connectivity index (χ1) is 24.5. The van der Waals surface area contributed by atoms with Crippen molar-refractivity contribution in [2.45, 2.75) is 31.0 Å². The summed E-state index contributed by atoms with van der Waals surface area (Å²) in [5.41, 5.74) is 8.01. The monoisotopic (exact) mass is 673 g/mol. The van der Waals surface area contributed by atoms with Crippen molar-refractivity contribution in [3.05, 3.63) is 167 Å². The number of aliphatic imine (C=N–C) groups is 1. The Morgan fingerprint density at radius 1 is 0.820 bits per heavy atom. The van der Waals surface area contributed by atoms with E-state index in [1.807, 2.05) is 97.1 Å². The van der Waals surface area contributed by atoms with Gasteiger partial charge in [0.05, 0.1) is 6.61 Å². The summed E-state index contributed by atoms with van der Waals surface area (Å²) >= 11 is 0. The number of nitrogens with zero attached hydrogens (tertiary/aromatic N) is 1. The summed E-state index contributed by atoms with van der Waals surface area (Å²) in [5, 5.41) is 9.09. The van der Waals surface area contributed by atoms with Gasteiger partial charge in [0.1, 0.15) is 17.4 Å². The first-order valence-electron chi connectivity index (χ1n) is 16.4. The highest BCUT2D eigenvalue weighted by Crippen LogP contribution is 2.43. The molecule has 0 fully saturated rings. The van der Waals surface area contributed by atoms with Gasteiger partial charge in [-0.1, -0.05) is 103 Å². The van der Waals surface area contributed by atoms with Gasteiger partial charge in [0.2, 0.25) is 5.90 Å². The number of ether oxygens (including phenoxy) is 2. The van der Waals surface area contributed by atoms with Crippen LogP contribution < -0.4 is 15.6 Å². The summed E-state index contributed by atoms with van der Waals surface area (Å²) < 4.78 is 41.1. The third kappa shape index (κ3) is 7.97. The maximum absolute atomic E-state index is 14.4. The van der Waals surface area contributed by atoms with Gasteiger partial charge < -0.3 is 14.6 Å². The van der Waals surface area contributed by atoms with Gasteiger partial charge in [-0.3, -0.25) is 10.2 Å². The summed E-state index contributed by atoms with van der Waals surface area (Å²) in [7, 11) is 0. The van der Waals surface area contributed by atoms with Crippen LogP contribution in [0, 0.1) is 11.6 Å². The van der Waals surface area contributed by atoms with Gasteiger partial charge in [0.15, 0.2) is 11.6 Å². The molecule has 1 heterocycles. The van der Waals surface area contributed by atoms with Crippen LogP contribution in [0.15, 0.2) is 138 Å². The minimum absolute atomic E-state index is 0.0311. The molecule has 0 unspecified atom stereocenters. The van der Waals surface area contributed by atoms with Crippen molar-refractivity contribution in [3.8, 4) is 16.9 Å². The summed E-state index contributed by atoms with van der Waals surface area (Å²) in [6.07, 6.45) is 3.58. The molecule has 1 amide bonds. The van der Waals surface area contributed by atoms with Crippen molar-refractivity contribution < 1.29 is 28.2 Å². The average molecular weight is 674 g/mol. The van der Waals surface area contributed by atoms with E-state index in [9.17, 15) is 13.6 Å². The Hall–Kier alpha value is -5.64. The smallest absolute Gasteiger partial charge is 0.266 e. The first kappa shape index (κ1) is 34.2. The molecule has 5 aromatic carbocycles. The zero-order valence-corrected chi connectivity index (χ0v) is 27.3. The van der Waals surface area contributed by atoms with Gasteiger partial charge >= 0.3 is 0 Å². The SMILES string of the molecule is O=C(NNCc1c(F)cccc1F)[C@@]1(C/C=C/c2ccccc2)N=C(c2ccc(OCCCO)cc2)O[C@H]1c1ccc(-c2ccccc2)cc1. The highest BCUT2D eigenvalue weighted by molar-refractivity contribution is 6.01. The van der Waals surface area contributed by atoms with Crippen LogP contribution in [0.2, 0.25) is 0 Å². The molecule has 2 atom stereocenters. The molecule has 5 aromatic rings. The van der Waals surface area contributed by atoms with E-state index in [1.165, 1.54) is 6.07 Å². The van der Waals surface area contributed by atoms with Gasteiger partial charge in [-0.2, -0.15) is 0 Å². The Balaban J connectivity index is 1.36. The molecule has 0 spiro atoms. The quantitative estimate of drug-likeness (QED) is 0.0836. The van der Waals surface area contributed by atoms with Crippen molar-refractivity contribution in [2.24, 2.45) is 4.99 Å². The van der Waals surface area contributed by atoms with E-state index in [2.05, 4.69) is 10.9 Å². The summed E-state index contributed by atoms with van der Waals surface area (Å²) in [4.78, 5) is 19.4. The van der Waals surface area contributed by atoms with Crippen molar-refractivity contribution in [2.75, 3.05) is 13.2 Å². The molecular formula is C41H37F2N3O4. The minimum Gasteiger partial charge on any atom is -0.494 e. The predicted molar refractivity (Wildman–Crippen MR) is 190 cm³/mol. The summed E-state index contributed by atoms with van der Waals surface area (Å²) in [6.45, 7) is 0.115. The number of carbonyl (C=O) groups is 1. The molecule has 3 N–H and O–H groups in total. The number of benzene rings is 5. The van der Waals surface area contributed by atoms with E-state index in [1.54, 1.807) is 24.3 Å². The van der Waals surface area contributed by atoms with E-state index < -0.39 is 29.2 Å². The second-order valence-corrected chi connectivity index (χ2v) is 11.8. The summed E-state index contributed by atoms with van der Waals surface area (Å²) in [5.74, 6) is -1.11. The van der Waals surface area contributed by atoms with Crippen molar-refractivity contribution in [3.63, 3.8) is 0 Å². The fourth-order valence-corrected chi connectivity index (χ4v) is 5.76. The van der Waals surface area contributed by atoms with Crippen LogP contribution in [0.25, 0.3) is 17.2 Å². The average Bonchev–Trinajstić information content (AvgIpc) is 3.55. The Bertz CT molecular complexity index is 1920. The van der Waals surface area contributed by atoms with E-state index in [4.69, 9.17) is 19.6 Å². The number of hydrazine groups is 1. The van der Waals surface area contributed by atoms with Gasteiger partial charge in [-0.25, -0.2) is 19.2 Å². The zero-order chi connectivity index (χ0) is 34.8. The number of hydrogen-bond acceptors (Lipinski definition) is 6. The molecule has 0 aliphatic carbocycles. The Morgan fingerprint density at radius 2 is 1.46 bits per heavy atom. The first-order valence-corrected chi connectivity index (χ1v) is 16.4. The Labute approximate surface area is 289 Å². The standard InChI is InChI=1S/C41H37F2N3O4/c42-36-15-7-16-37(43)35(36)28-44-46-40(48)41(25-8-12-29-10-3-1-4-11-29)38(32-19-17-31(18-20-32)30-13-5-2-6-14-30)50-39(45-41)33-21-23-34(24-22-33)49-27-9-26-47/h1-8,10-24,38,44,47H,9,25-28H2,(H,46,48)/b12-8+/t38-,41-/m0/s1. The lowest BCUT2D eigenvalue weighted by Gasteiger charge is -2.30. The van der Waals surface area contributed by atoms with E-state index in [0.29, 0.717) is 24.3 Å². The molecule has 50 heavy (non-hydrogen) atoms. The van der Waals surface area contributed by atoms with E-state index in [0.717, 1.165) is 34.4 Å². The van der Waals surface area contributed by atoms with E-state index >= 15 is 0 Å². The number of carbonyl (C=O) groups excluding carboxylic acids is 1. The lowest BCUT2D eigenvalue weighted by molar-refractivity contribution is -0.129. The maximum atomic E-state index is 14.4. The lowest BCUT2D eigenvalue weighted by atomic mass is 9.84. The van der Waals surface area contributed by atoms with Crippen molar-refractivity contribution in [1.29, 1.82) is 0 Å². The molecule has 9 heteroatoms. The number of halogens is 2. The lowest BCUT2D eigenvalue weighted by Crippen LogP contribution is -2.52. The molecule has 0 saturated carbocycles. The molecule has 0 aromatic heterocycles. The topological polar surface area (TPSA) is 92.2 Å². The Kier molecular flexibility index (Phi) is 11.1. The van der Waals surface area contributed by atoms with Crippen LogP contribution in [0.5, 0.6) is 5.75 Å². The molecule has 6 rings (SSSR count). The highest BCUT2D eigenvalue weighted by atomic mass is 19.1. The van der Waals surface area contributed by atoms with Gasteiger partial charge in [0, 0.05) is 37.1 Å². The number of rotatable bonds is 14. The predicted octanol–water partition coefficient (Wildman–Crippen LogP) is 7.57. The van der Waals surface area contributed by atoms with Crippen LogP contribution >= 0.6 is 0 Å². The molecule has 0 radical (unpaired) electrons. The third-order valence-corrected chi connectivity index (χ3v) is 8.42. The number of hydrogen-bond donors (Lipinski definition) is 3. The number of amides is 1. The second-order valence-electron chi connectivity index (χ2n) is 11.8. The fraction of sp³-hybridized carbons (Fsp3) is 0.171. The maximum Gasteiger partial charge on any atom is 0.266 e. The third-order valence-electron chi connectivity index (χ3n) is 8.42. The normalized spacial score (nSPS) is 16.9. The van der Waals surface area contributed by atoms with E-state index in [-0.39, 0.29) is 31.0 Å². The molecule has 0 saturated heterocycles. The number of aliphatic hydroxyl groups excluding tert-OH is 1. The molecule has 0 bridgehead atoms. The zero-order valence-electron chi connectivity index (χ0n) is 27.3. The number of nitrogens with one attached hydrogen (secondary N) is 2. The second kappa shape index (κ2) is 16.2. The largest absolute Gasteiger partial charge is 0.494 e. The summed E-state index contributed by atoms with van der Waals surface area (Å²) in [6, 6.07) is 38.2.